The van der Waals surface area contributed by atoms with Crippen LogP contribution < -0.4 is 5.32 Å². The van der Waals surface area contributed by atoms with E-state index in [1.54, 1.807) is 14.0 Å². The molecule has 1 N–H and O–H groups in total. The van der Waals surface area contributed by atoms with E-state index in [4.69, 9.17) is 4.74 Å². The second-order valence-corrected chi connectivity index (χ2v) is 6.18. The Hall–Kier alpha value is -1.94. The number of fused-ring (bicyclic) bond motifs is 1. The van der Waals surface area contributed by atoms with Crippen LogP contribution in [-0.4, -0.2) is 30.5 Å². The van der Waals surface area contributed by atoms with E-state index in [1.807, 2.05) is 25.1 Å². The average molecular weight is 314 g/mol. The maximum Gasteiger partial charge on any atom is 0.163 e. The average Bonchev–Trinajstić information content (AvgIpc) is 2.54. The molecule has 4 nitrogen and oxygen atoms in total. The van der Waals surface area contributed by atoms with Crippen LogP contribution in [0.4, 0.5) is 5.82 Å². The van der Waals surface area contributed by atoms with E-state index in [2.05, 4.69) is 30.2 Å². The Balaban J connectivity index is 2.33. The van der Waals surface area contributed by atoms with Crippen LogP contribution in [0.5, 0.6) is 0 Å². The number of carbonyl (C=O) groups excluding carboxylic acids is 1. The van der Waals surface area contributed by atoms with Crippen molar-refractivity contribution in [1.29, 1.82) is 0 Å². The quantitative estimate of drug-likeness (QED) is 0.777. The molecular formula is C19H26N2O2. The zero-order valence-electron chi connectivity index (χ0n) is 14.6. The molecule has 1 aromatic heterocycles. The van der Waals surface area contributed by atoms with Gasteiger partial charge in [-0.3, -0.25) is 4.79 Å². The number of aromatic nitrogens is 1. The van der Waals surface area contributed by atoms with E-state index in [1.165, 1.54) is 0 Å². The van der Waals surface area contributed by atoms with E-state index in [9.17, 15) is 4.79 Å². The van der Waals surface area contributed by atoms with Crippen LogP contribution in [-0.2, 0) is 4.74 Å². The summed E-state index contributed by atoms with van der Waals surface area (Å²) in [5.74, 6) is 1.09. The Morgan fingerprint density at radius 2 is 2.09 bits per heavy atom. The minimum Gasteiger partial charge on any atom is -0.379 e. The molecule has 23 heavy (non-hydrogen) atoms. The zero-order valence-corrected chi connectivity index (χ0v) is 14.6. The maximum atomic E-state index is 12.0. The minimum absolute atomic E-state index is 0.0147. The molecule has 1 aromatic carbocycles. The molecule has 0 radical (unpaired) electrons. The van der Waals surface area contributed by atoms with E-state index in [0.29, 0.717) is 23.8 Å². The predicted octanol–water partition coefficient (Wildman–Crippen LogP) is 4.22. The van der Waals surface area contributed by atoms with Crippen LogP contribution >= 0.6 is 0 Å². The molecule has 0 saturated carbocycles. The molecule has 0 aliphatic rings. The molecule has 0 fully saturated rings. The number of rotatable bonds is 7. The smallest absolute Gasteiger partial charge is 0.163 e. The topological polar surface area (TPSA) is 51.2 Å². The molecule has 2 atom stereocenters. The van der Waals surface area contributed by atoms with Gasteiger partial charge in [0.05, 0.1) is 17.2 Å². The van der Waals surface area contributed by atoms with Crippen molar-refractivity contribution in [3.05, 3.63) is 35.4 Å². The lowest BCUT2D eigenvalue weighted by molar-refractivity contribution is 0.0673. The molecule has 2 rings (SSSR count). The van der Waals surface area contributed by atoms with Crippen molar-refractivity contribution in [2.75, 3.05) is 19.0 Å². The van der Waals surface area contributed by atoms with Gasteiger partial charge in [-0.05, 0) is 38.0 Å². The van der Waals surface area contributed by atoms with Crippen molar-refractivity contribution in [2.45, 2.75) is 40.2 Å². The zero-order chi connectivity index (χ0) is 17.0. The van der Waals surface area contributed by atoms with Crippen molar-refractivity contribution >= 4 is 22.5 Å². The van der Waals surface area contributed by atoms with Gasteiger partial charge in [-0.15, -0.1) is 0 Å². The molecule has 1 unspecified atom stereocenters. The summed E-state index contributed by atoms with van der Waals surface area (Å²) in [6.07, 6.45) is 1.14. The summed E-state index contributed by atoms with van der Waals surface area (Å²) in [5.41, 5.74) is 2.67. The molecule has 2 aromatic rings. The maximum absolute atomic E-state index is 12.0. The number of pyridine rings is 1. The lowest BCUT2D eigenvalue weighted by Gasteiger charge is -2.22. The van der Waals surface area contributed by atoms with Gasteiger partial charge < -0.3 is 10.1 Å². The lowest BCUT2D eigenvalue weighted by Crippen LogP contribution is -2.29. The van der Waals surface area contributed by atoms with Gasteiger partial charge in [0.2, 0.25) is 0 Å². The van der Waals surface area contributed by atoms with Crippen LogP contribution in [0.1, 0.15) is 43.1 Å². The number of nitrogens with zero attached hydrogens (tertiary/aromatic N) is 1. The predicted molar refractivity (Wildman–Crippen MR) is 95.2 cm³/mol. The van der Waals surface area contributed by atoms with Gasteiger partial charge in [0.15, 0.2) is 5.78 Å². The number of anilines is 1. The number of benzene rings is 1. The lowest BCUT2D eigenvalue weighted by atomic mass is 10.0. The third-order valence-electron chi connectivity index (χ3n) is 4.40. The number of Topliss-reactive ketones (excluding diaryl/α,β-unsaturated/α-hetero) is 1. The fourth-order valence-electron chi connectivity index (χ4n) is 2.68. The molecule has 0 aliphatic carbocycles. The van der Waals surface area contributed by atoms with Crippen LogP contribution in [0, 0.1) is 12.8 Å². The molecule has 124 valence electrons. The van der Waals surface area contributed by atoms with E-state index >= 15 is 0 Å². The van der Waals surface area contributed by atoms with Gasteiger partial charge in [-0.25, -0.2) is 4.98 Å². The second-order valence-electron chi connectivity index (χ2n) is 6.18. The van der Waals surface area contributed by atoms with Gasteiger partial charge in [0.1, 0.15) is 5.82 Å². The molecular weight excluding hydrogens is 288 g/mol. The third kappa shape index (κ3) is 4.08. The number of hydrogen-bond donors (Lipinski definition) is 1. The summed E-state index contributed by atoms with van der Waals surface area (Å²) in [6.45, 7) is 8.56. The number of ether oxygens (including phenoxy) is 1. The van der Waals surface area contributed by atoms with Crippen molar-refractivity contribution in [2.24, 2.45) is 5.92 Å². The number of ketones is 1. The highest BCUT2D eigenvalue weighted by Crippen LogP contribution is 2.23. The van der Waals surface area contributed by atoms with Crippen LogP contribution in [0.2, 0.25) is 0 Å². The van der Waals surface area contributed by atoms with Crippen molar-refractivity contribution < 1.29 is 9.53 Å². The van der Waals surface area contributed by atoms with E-state index in [0.717, 1.165) is 22.9 Å². The molecule has 0 amide bonds. The number of hydrogen-bond acceptors (Lipinski definition) is 4. The first kappa shape index (κ1) is 17.4. The first-order chi connectivity index (χ1) is 11.0. The summed E-state index contributed by atoms with van der Waals surface area (Å²) in [7, 11) is 1.72. The summed E-state index contributed by atoms with van der Waals surface area (Å²) in [6, 6.07) is 7.99. The second kappa shape index (κ2) is 7.55. The van der Waals surface area contributed by atoms with Crippen LogP contribution in [0.15, 0.2) is 24.3 Å². The fraction of sp³-hybridized carbons (Fsp3) is 0.474. The Morgan fingerprint density at radius 3 is 2.70 bits per heavy atom. The number of methoxy groups -OCH3 is 1. The Morgan fingerprint density at radius 1 is 1.35 bits per heavy atom. The normalized spacial score (nSPS) is 13.8. The monoisotopic (exact) mass is 314 g/mol. The molecule has 0 bridgehead atoms. The number of carbonyl (C=O) groups is 1. The molecule has 4 heteroatoms. The molecule has 1 heterocycles. The summed E-state index contributed by atoms with van der Waals surface area (Å²) in [4.78, 5) is 16.6. The Labute approximate surface area is 138 Å². The van der Waals surface area contributed by atoms with Gasteiger partial charge in [0.25, 0.3) is 0 Å². The van der Waals surface area contributed by atoms with E-state index in [-0.39, 0.29) is 11.9 Å². The van der Waals surface area contributed by atoms with Gasteiger partial charge in [-0.2, -0.15) is 0 Å². The van der Waals surface area contributed by atoms with Gasteiger partial charge in [-0.1, -0.05) is 31.9 Å². The van der Waals surface area contributed by atoms with Crippen molar-refractivity contribution in [3.63, 3.8) is 0 Å². The molecule has 0 saturated heterocycles. The summed E-state index contributed by atoms with van der Waals surface area (Å²) < 4.78 is 5.55. The largest absolute Gasteiger partial charge is 0.379 e. The van der Waals surface area contributed by atoms with Gasteiger partial charge in [0, 0.05) is 19.0 Å². The summed E-state index contributed by atoms with van der Waals surface area (Å²) in [5, 5.41) is 4.30. The first-order valence-electron chi connectivity index (χ1n) is 8.15. The van der Waals surface area contributed by atoms with Crippen molar-refractivity contribution in [3.8, 4) is 0 Å². The molecule has 0 spiro atoms. The van der Waals surface area contributed by atoms with Gasteiger partial charge >= 0.3 is 0 Å². The number of nitrogens with one attached hydrogen (secondary N) is 1. The highest BCUT2D eigenvalue weighted by Gasteiger charge is 2.17. The Kier molecular flexibility index (Phi) is 5.72. The fourth-order valence-corrected chi connectivity index (χ4v) is 2.68. The highest BCUT2D eigenvalue weighted by molar-refractivity contribution is 6.02. The highest BCUT2D eigenvalue weighted by atomic mass is 16.5. The van der Waals surface area contributed by atoms with Crippen molar-refractivity contribution in [1.82, 2.24) is 4.98 Å². The van der Waals surface area contributed by atoms with Crippen LogP contribution in [0.25, 0.3) is 10.9 Å². The summed E-state index contributed by atoms with van der Waals surface area (Å²) >= 11 is 0. The third-order valence-corrected chi connectivity index (χ3v) is 4.40. The standard InChI is InChI=1S/C19H26N2O2/c1-6-13(3)18(23-5)11-20-19-16(14(4)22)10-15-9-12(2)7-8-17(15)21-19/h7-10,13,18H,6,11H2,1-5H3,(H,20,21)/t13-,18?/m1/s1. The number of aryl methyl sites for hydroxylation is 1. The SMILES string of the molecule is CC[C@@H](C)C(CNc1nc2ccc(C)cc2cc1C(C)=O)OC. The first-order valence-corrected chi connectivity index (χ1v) is 8.15. The van der Waals surface area contributed by atoms with Crippen LogP contribution in [0.3, 0.4) is 0 Å². The minimum atomic E-state index is 0.0147. The van der Waals surface area contributed by atoms with E-state index < -0.39 is 0 Å². The Bertz CT molecular complexity index is 697. The molecule has 0 aliphatic heterocycles.